The number of piperazine rings is 1. The molecule has 2 aromatic rings. The Hall–Kier alpha value is -2.57. The van der Waals surface area contributed by atoms with Gasteiger partial charge in [-0.05, 0) is 24.3 Å². The first-order chi connectivity index (χ1) is 14.1. The highest BCUT2D eigenvalue weighted by Gasteiger charge is 2.28. The molecule has 1 aromatic carbocycles. The van der Waals surface area contributed by atoms with E-state index in [1.807, 2.05) is 0 Å². The molecule has 3 amide bonds. The highest BCUT2D eigenvalue weighted by atomic mass is 32.2. The Bertz CT molecular complexity index is 1040. The Balaban J connectivity index is 1.60. The van der Waals surface area contributed by atoms with E-state index < -0.39 is 39.2 Å². The first-order valence-corrected chi connectivity index (χ1v) is 11.2. The minimum atomic E-state index is -3.59. The zero-order chi connectivity index (χ0) is 22.1. The fraction of sp³-hybridized carbons (Fsp3) is 0.333. The van der Waals surface area contributed by atoms with Crippen LogP contribution in [0.1, 0.15) is 10.4 Å². The van der Waals surface area contributed by atoms with Gasteiger partial charge < -0.3 is 9.80 Å². The summed E-state index contributed by atoms with van der Waals surface area (Å²) in [4.78, 5) is 27.6. The molecule has 1 aliphatic heterocycles. The first kappa shape index (κ1) is 22.1. The summed E-state index contributed by atoms with van der Waals surface area (Å²) in [5.74, 6) is -2.62. The van der Waals surface area contributed by atoms with Crippen LogP contribution in [0.15, 0.2) is 34.5 Å². The molecule has 1 saturated heterocycles. The van der Waals surface area contributed by atoms with Gasteiger partial charge in [-0.15, -0.1) is 11.3 Å². The lowest BCUT2D eigenvalue weighted by Crippen LogP contribution is -2.51. The summed E-state index contributed by atoms with van der Waals surface area (Å²) in [6.45, 7) is 0.569. The summed E-state index contributed by atoms with van der Waals surface area (Å²) in [7, 11) is -0.750. The van der Waals surface area contributed by atoms with Crippen molar-refractivity contribution in [2.24, 2.45) is 0 Å². The van der Waals surface area contributed by atoms with E-state index >= 15 is 0 Å². The maximum atomic E-state index is 13.8. The van der Waals surface area contributed by atoms with Crippen LogP contribution in [0.2, 0.25) is 0 Å². The fourth-order valence-corrected chi connectivity index (χ4v) is 5.23. The molecule has 162 valence electrons. The van der Waals surface area contributed by atoms with Gasteiger partial charge in [-0.1, -0.05) is 6.07 Å². The smallest absolute Gasteiger partial charge is 0.322 e. The molecule has 8 nitrogen and oxygen atoms in total. The average molecular weight is 459 g/mol. The minimum absolute atomic E-state index is 0.102. The number of nitrogens with one attached hydrogen (secondary N) is 1. The van der Waals surface area contributed by atoms with Gasteiger partial charge in [0.1, 0.15) is 21.4 Å². The topological polar surface area (TPSA) is 90.0 Å². The van der Waals surface area contributed by atoms with Crippen molar-refractivity contribution in [2.75, 3.05) is 45.6 Å². The monoisotopic (exact) mass is 458 g/mol. The van der Waals surface area contributed by atoms with E-state index in [0.29, 0.717) is 5.00 Å². The molecular formula is C18H20F2N4O4S2. The van der Waals surface area contributed by atoms with Crippen molar-refractivity contribution < 1.29 is 26.8 Å². The molecule has 1 aliphatic rings. The number of carbonyl (C=O) groups is 2. The molecule has 1 fully saturated rings. The third-order valence-electron chi connectivity index (χ3n) is 4.58. The van der Waals surface area contributed by atoms with Crippen molar-refractivity contribution in [1.82, 2.24) is 14.1 Å². The van der Waals surface area contributed by atoms with Crippen molar-refractivity contribution in [1.29, 1.82) is 0 Å². The molecular weight excluding hydrogens is 438 g/mol. The summed E-state index contributed by atoms with van der Waals surface area (Å²) < 4.78 is 53.1. The van der Waals surface area contributed by atoms with Crippen LogP contribution in [0.3, 0.4) is 0 Å². The number of benzene rings is 1. The van der Waals surface area contributed by atoms with Crippen molar-refractivity contribution in [2.45, 2.75) is 4.21 Å². The van der Waals surface area contributed by atoms with Gasteiger partial charge in [0.25, 0.3) is 15.9 Å². The predicted octanol–water partition coefficient (Wildman–Crippen LogP) is 2.27. The number of hydrogen-bond acceptors (Lipinski definition) is 5. The Morgan fingerprint density at radius 3 is 2.13 bits per heavy atom. The van der Waals surface area contributed by atoms with Crippen LogP contribution >= 0.6 is 11.3 Å². The summed E-state index contributed by atoms with van der Waals surface area (Å²) in [5.41, 5.74) is -0.608. The maximum Gasteiger partial charge on any atom is 0.322 e. The number of nitrogens with zero attached hydrogens (tertiary/aromatic N) is 3. The van der Waals surface area contributed by atoms with Crippen molar-refractivity contribution in [3.63, 3.8) is 0 Å². The maximum absolute atomic E-state index is 13.8. The summed E-state index contributed by atoms with van der Waals surface area (Å²) in [5, 5.41) is 3.00. The van der Waals surface area contributed by atoms with Gasteiger partial charge in [-0.25, -0.2) is 26.3 Å². The SMILES string of the molecule is CN(C)S(=O)(=O)c1ccc(NC(=O)N2CCN(C(=O)c3c(F)cccc3F)CC2)s1. The molecule has 0 radical (unpaired) electrons. The van der Waals surface area contributed by atoms with Gasteiger partial charge in [-0.3, -0.25) is 10.1 Å². The van der Waals surface area contributed by atoms with Crippen molar-refractivity contribution in [3.05, 3.63) is 47.5 Å². The first-order valence-electron chi connectivity index (χ1n) is 8.93. The Morgan fingerprint density at radius 1 is 1.00 bits per heavy atom. The Morgan fingerprint density at radius 2 is 1.57 bits per heavy atom. The van der Waals surface area contributed by atoms with Crippen LogP contribution in [0, 0.1) is 11.6 Å². The largest absolute Gasteiger partial charge is 0.335 e. The second kappa shape index (κ2) is 8.66. The van der Waals surface area contributed by atoms with E-state index in [2.05, 4.69) is 5.32 Å². The predicted molar refractivity (Wildman–Crippen MR) is 108 cm³/mol. The Kier molecular flexibility index (Phi) is 6.38. The normalized spacial score (nSPS) is 14.8. The summed E-state index contributed by atoms with van der Waals surface area (Å²) in [6, 6.07) is 5.69. The lowest BCUT2D eigenvalue weighted by Gasteiger charge is -2.34. The number of urea groups is 1. The van der Waals surface area contributed by atoms with Crippen molar-refractivity contribution >= 4 is 38.3 Å². The lowest BCUT2D eigenvalue weighted by atomic mass is 10.1. The van der Waals surface area contributed by atoms with Gasteiger partial charge in [-0.2, -0.15) is 0 Å². The second-order valence-electron chi connectivity index (χ2n) is 6.71. The number of amides is 3. The average Bonchev–Trinajstić information content (AvgIpc) is 3.17. The molecule has 12 heteroatoms. The molecule has 0 spiro atoms. The molecule has 0 aliphatic carbocycles. The molecule has 0 bridgehead atoms. The minimum Gasteiger partial charge on any atom is -0.335 e. The fourth-order valence-electron chi connectivity index (χ4n) is 2.86. The quantitative estimate of drug-likeness (QED) is 0.761. The van der Waals surface area contributed by atoms with Crippen LogP contribution in [-0.2, 0) is 10.0 Å². The van der Waals surface area contributed by atoms with E-state index in [-0.39, 0.29) is 30.4 Å². The van der Waals surface area contributed by atoms with E-state index in [1.165, 1.54) is 42.1 Å². The van der Waals surface area contributed by atoms with Gasteiger partial charge in [0.15, 0.2) is 0 Å². The van der Waals surface area contributed by atoms with Gasteiger partial charge >= 0.3 is 6.03 Å². The highest BCUT2D eigenvalue weighted by Crippen LogP contribution is 2.28. The molecule has 0 unspecified atom stereocenters. The number of anilines is 1. The molecule has 0 atom stereocenters. The van der Waals surface area contributed by atoms with E-state index in [0.717, 1.165) is 27.8 Å². The zero-order valence-corrected chi connectivity index (χ0v) is 17.9. The third kappa shape index (κ3) is 4.45. The number of thiophene rings is 1. The molecule has 3 rings (SSSR count). The standard InChI is InChI=1S/C18H20F2N4O4S2/c1-22(2)30(27,28)15-7-6-14(29-15)21-18(26)24-10-8-23(9-11-24)17(25)16-12(19)4-3-5-13(16)20/h3-7H,8-11H2,1-2H3,(H,21,26). The van der Waals surface area contributed by atoms with E-state index in [9.17, 15) is 26.8 Å². The van der Waals surface area contributed by atoms with Crippen LogP contribution in [0.4, 0.5) is 18.6 Å². The Labute approximate surface area is 176 Å². The van der Waals surface area contributed by atoms with Gasteiger partial charge in [0.2, 0.25) is 0 Å². The third-order valence-corrected chi connectivity index (χ3v) is 7.86. The molecule has 1 aromatic heterocycles. The molecule has 30 heavy (non-hydrogen) atoms. The number of rotatable bonds is 4. The number of halogens is 2. The number of sulfonamides is 1. The van der Waals surface area contributed by atoms with E-state index in [1.54, 1.807) is 0 Å². The highest BCUT2D eigenvalue weighted by molar-refractivity contribution is 7.91. The summed E-state index contributed by atoms with van der Waals surface area (Å²) in [6.07, 6.45) is 0. The number of carbonyl (C=O) groups excluding carboxylic acids is 2. The van der Waals surface area contributed by atoms with Crippen molar-refractivity contribution in [3.8, 4) is 0 Å². The van der Waals surface area contributed by atoms with Gasteiger partial charge in [0, 0.05) is 40.3 Å². The zero-order valence-electron chi connectivity index (χ0n) is 16.3. The van der Waals surface area contributed by atoms with Crippen LogP contribution in [-0.4, -0.2) is 74.7 Å². The molecule has 0 saturated carbocycles. The van der Waals surface area contributed by atoms with Crippen LogP contribution in [0.5, 0.6) is 0 Å². The lowest BCUT2D eigenvalue weighted by molar-refractivity contribution is 0.0662. The van der Waals surface area contributed by atoms with Gasteiger partial charge in [0.05, 0.1) is 5.00 Å². The summed E-state index contributed by atoms with van der Waals surface area (Å²) >= 11 is 0.930. The number of hydrogen-bond donors (Lipinski definition) is 1. The van der Waals surface area contributed by atoms with E-state index in [4.69, 9.17) is 0 Å². The second-order valence-corrected chi connectivity index (χ2v) is 10.2. The molecule has 2 heterocycles. The molecule has 1 N–H and O–H groups in total. The van der Waals surface area contributed by atoms with Crippen LogP contribution in [0.25, 0.3) is 0 Å². The van der Waals surface area contributed by atoms with Crippen LogP contribution < -0.4 is 5.32 Å².